The molecule has 6 fully saturated rings. The molecule has 9 nitrogen and oxygen atoms in total. The largest absolute Gasteiger partial charge is 0.462 e. The van der Waals surface area contributed by atoms with E-state index in [9.17, 15) is 9.59 Å². The second-order valence-corrected chi connectivity index (χ2v) is 14.5. The van der Waals surface area contributed by atoms with Crippen LogP contribution >= 0.6 is 0 Å². The molecule has 1 aromatic rings. The third-order valence-electron chi connectivity index (χ3n) is 13.1. The highest BCUT2D eigenvalue weighted by Crippen LogP contribution is 2.80. The lowest BCUT2D eigenvalue weighted by Gasteiger charge is -2.69. The number of likely N-dealkylation sites (tertiary alicyclic amines) is 1. The topological polar surface area (TPSA) is 92.8 Å². The summed E-state index contributed by atoms with van der Waals surface area (Å²) >= 11 is 0. The van der Waals surface area contributed by atoms with Crippen molar-refractivity contribution in [3.05, 3.63) is 42.0 Å². The van der Waals surface area contributed by atoms with Gasteiger partial charge in [-0.2, -0.15) is 0 Å². The standard InChI is InChI=1S/C36H49NO8/c1-7-37-19-34(20-40-3)16-15-26(42-5)36-24-17-23-25(41-4)18-35(28(24)30(23)44-21(2)38,29(33(36)37)31(43-6)32(34)36)45-27(39)14-13-22-11-9-8-10-12-22/h8-14,23-26,28-33H,7,15-20H2,1-6H3. The number of ether oxygens (including phenoxy) is 6. The Bertz CT molecular complexity index is 1320. The monoisotopic (exact) mass is 623 g/mol. The number of benzene rings is 1. The van der Waals surface area contributed by atoms with Crippen molar-refractivity contribution in [3.8, 4) is 0 Å². The number of carbonyl (C=O) groups excluding carboxylic acids is 2. The first-order chi connectivity index (χ1) is 21.8. The zero-order chi connectivity index (χ0) is 31.7. The van der Waals surface area contributed by atoms with Crippen molar-refractivity contribution in [2.24, 2.45) is 40.4 Å². The van der Waals surface area contributed by atoms with E-state index in [0.29, 0.717) is 13.0 Å². The molecule has 0 N–H and O–H groups in total. The third-order valence-corrected chi connectivity index (χ3v) is 13.1. The molecule has 7 bridgehead atoms. The summed E-state index contributed by atoms with van der Waals surface area (Å²) < 4.78 is 38.7. The molecule has 9 heteroatoms. The van der Waals surface area contributed by atoms with Crippen LogP contribution in [0.5, 0.6) is 0 Å². The minimum Gasteiger partial charge on any atom is -0.462 e. The van der Waals surface area contributed by atoms with Crippen LogP contribution in [0.2, 0.25) is 0 Å². The van der Waals surface area contributed by atoms with Crippen LogP contribution in [-0.2, 0) is 38.0 Å². The van der Waals surface area contributed by atoms with Crippen molar-refractivity contribution < 1.29 is 38.0 Å². The fourth-order valence-corrected chi connectivity index (χ4v) is 12.4. The van der Waals surface area contributed by atoms with Crippen molar-refractivity contribution in [2.75, 3.05) is 48.1 Å². The summed E-state index contributed by atoms with van der Waals surface area (Å²) in [4.78, 5) is 29.4. The first-order valence-electron chi connectivity index (χ1n) is 16.7. The first kappa shape index (κ1) is 31.3. The van der Waals surface area contributed by atoms with Gasteiger partial charge in [0.2, 0.25) is 0 Å². The Morgan fingerprint density at radius 1 is 1.02 bits per heavy atom. The van der Waals surface area contributed by atoms with Crippen LogP contribution in [0.4, 0.5) is 0 Å². The lowest BCUT2D eigenvalue weighted by Crippen LogP contribution is -2.77. The van der Waals surface area contributed by atoms with E-state index in [1.54, 1.807) is 20.3 Å². The van der Waals surface area contributed by atoms with Gasteiger partial charge in [-0.3, -0.25) is 9.69 Å². The summed E-state index contributed by atoms with van der Waals surface area (Å²) in [5.41, 5.74) is -0.481. The van der Waals surface area contributed by atoms with Crippen molar-refractivity contribution in [2.45, 2.75) is 75.6 Å². The van der Waals surface area contributed by atoms with Gasteiger partial charge in [-0.1, -0.05) is 37.3 Å². The van der Waals surface area contributed by atoms with Crippen LogP contribution in [0, 0.1) is 40.4 Å². The smallest absolute Gasteiger partial charge is 0.331 e. The maximum absolute atomic E-state index is 14.0. The summed E-state index contributed by atoms with van der Waals surface area (Å²) in [7, 11) is 7.20. The Kier molecular flexibility index (Phi) is 7.96. The van der Waals surface area contributed by atoms with Gasteiger partial charge < -0.3 is 28.4 Å². The normalized spacial score (nSPS) is 45.9. The maximum atomic E-state index is 14.0. The van der Waals surface area contributed by atoms with E-state index in [4.69, 9.17) is 28.4 Å². The van der Waals surface area contributed by atoms with Gasteiger partial charge in [0, 0.05) is 94.9 Å². The molecule has 6 aliphatic rings. The number of piperidine rings is 1. The van der Waals surface area contributed by atoms with E-state index < -0.39 is 17.7 Å². The highest BCUT2D eigenvalue weighted by Gasteiger charge is 2.88. The fraction of sp³-hybridized carbons (Fsp3) is 0.722. The van der Waals surface area contributed by atoms with Crippen LogP contribution < -0.4 is 0 Å². The lowest BCUT2D eigenvalue weighted by atomic mass is 9.43. The summed E-state index contributed by atoms with van der Waals surface area (Å²) in [6, 6.07) is 9.83. The van der Waals surface area contributed by atoms with Crippen LogP contribution in [0.15, 0.2) is 36.4 Å². The minimum atomic E-state index is -0.973. The fourth-order valence-electron chi connectivity index (χ4n) is 12.4. The maximum Gasteiger partial charge on any atom is 0.331 e. The molecule has 1 heterocycles. The van der Waals surface area contributed by atoms with Gasteiger partial charge in [0.1, 0.15) is 11.7 Å². The van der Waals surface area contributed by atoms with Crippen LogP contribution in [-0.4, -0.2) is 101 Å². The number of nitrogens with zero attached hydrogens (tertiary/aromatic N) is 1. The van der Waals surface area contributed by atoms with Crippen molar-refractivity contribution in [3.63, 3.8) is 0 Å². The average molecular weight is 624 g/mol. The predicted octanol–water partition coefficient (Wildman–Crippen LogP) is 3.99. The number of methoxy groups -OCH3 is 4. The quantitative estimate of drug-likeness (QED) is 0.283. The second kappa shape index (κ2) is 11.4. The molecule has 13 atom stereocenters. The van der Waals surface area contributed by atoms with E-state index in [1.807, 2.05) is 44.6 Å². The lowest BCUT2D eigenvalue weighted by molar-refractivity contribution is -0.280. The van der Waals surface area contributed by atoms with Crippen LogP contribution in [0.25, 0.3) is 6.08 Å². The van der Waals surface area contributed by atoms with E-state index in [-0.39, 0.29) is 70.7 Å². The van der Waals surface area contributed by atoms with E-state index in [2.05, 4.69) is 11.8 Å². The summed E-state index contributed by atoms with van der Waals surface area (Å²) in [5, 5.41) is 0. The zero-order valence-electron chi connectivity index (χ0n) is 27.5. The van der Waals surface area contributed by atoms with Crippen LogP contribution in [0.1, 0.15) is 45.1 Å². The molecule has 5 saturated carbocycles. The molecule has 5 aliphatic carbocycles. The molecule has 1 saturated heterocycles. The summed E-state index contributed by atoms with van der Waals surface area (Å²) in [6.45, 7) is 6.10. The molecule has 45 heavy (non-hydrogen) atoms. The van der Waals surface area contributed by atoms with Crippen molar-refractivity contribution in [1.82, 2.24) is 4.90 Å². The molecule has 0 radical (unpaired) electrons. The van der Waals surface area contributed by atoms with Crippen molar-refractivity contribution in [1.29, 1.82) is 0 Å². The second-order valence-electron chi connectivity index (χ2n) is 14.5. The molecule has 13 unspecified atom stereocenters. The third kappa shape index (κ3) is 4.16. The number of hydrogen-bond acceptors (Lipinski definition) is 9. The highest BCUT2D eigenvalue weighted by molar-refractivity contribution is 5.87. The van der Waals surface area contributed by atoms with Gasteiger partial charge in [-0.25, -0.2) is 4.79 Å². The highest BCUT2D eigenvalue weighted by atomic mass is 16.6. The summed E-state index contributed by atoms with van der Waals surface area (Å²) in [5.74, 6) is -0.887. The SMILES string of the molecule is CCN1CC2(COC)CCC(OC)C34C5CC6C(OC)CC(OC(=O)C=Cc7ccccc7)(C5C6OC(C)=O)C(C(OC)C23)C14. The van der Waals surface area contributed by atoms with E-state index in [0.717, 1.165) is 37.9 Å². The van der Waals surface area contributed by atoms with Gasteiger partial charge in [-0.05, 0) is 43.4 Å². The number of esters is 2. The Balaban J connectivity index is 1.45. The molecule has 1 aliphatic heterocycles. The Morgan fingerprint density at radius 2 is 1.80 bits per heavy atom. The Morgan fingerprint density at radius 3 is 2.44 bits per heavy atom. The molecule has 246 valence electrons. The minimum absolute atomic E-state index is 0.00219. The molecule has 7 rings (SSSR count). The molecule has 1 spiro atoms. The predicted molar refractivity (Wildman–Crippen MR) is 166 cm³/mol. The number of fused-ring (bicyclic) bond motifs is 2. The van der Waals surface area contributed by atoms with Gasteiger partial charge in [0.15, 0.2) is 0 Å². The summed E-state index contributed by atoms with van der Waals surface area (Å²) in [6.07, 6.45) is 5.72. The molecular formula is C36H49NO8. The van der Waals surface area contributed by atoms with Gasteiger partial charge in [0.05, 0.1) is 24.9 Å². The average Bonchev–Trinajstić information content (AvgIpc) is 3.45. The molecule has 1 aromatic carbocycles. The Labute approximate surface area is 266 Å². The zero-order valence-corrected chi connectivity index (χ0v) is 27.5. The van der Waals surface area contributed by atoms with Crippen molar-refractivity contribution >= 4 is 18.0 Å². The van der Waals surface area contributed by atoms with Crippen LogP contribution in [0.3, 0.4) is 0 Å². The van der Waals surface area contributed by atoms with Gasteiger partial charge in [0.25, 0.3) is 0 Å². The Hall–Kier alpha value is -2.30. The number of rotatable bonds is 10. The van der Waals surface area contributed by atoms with Gasteiger partial charge in [-0.15, -0.1) is 0 Å². The van der Waals surface area contributed by atoms with E-state index in [1.165, 1.54) is 13.0 Å². The number of hydrogen-bond donors (Lipinski definition) is 0. The molecule has 0 aromatic heterocycles. The van der Waals surface area contributed by atoms with Gasteiger partial charge >= 0.3 is 11.9 Å². The molecular weight excluding hydrogens is 574 g/mol. The molecule has 0 amide bonds. The first-order valence-corrected chi connectivity index (χ1v) is 16.7. The van der Waals surface area contributed by atoms with E-state index >= 15 is 0 Å². The number of carbonyl (C=O) groups is 2.